The molecule has 0 aliphatic carbocycles. The first-order chi connectivity index (χ1) is 10.0. The molecule has 4 heteroatoms. The highest BCUT2D eigenvalue weighted by molar-refractivity contribution is 5.56. The number of aromatic nitrogens is 2. The van der Waals surface area contributed by atoms with Crippen LogP contribution in [0.1, 0.15) is 43.1 Å². The van der Waals surface area contributed by atoms with Crippen LogP contribution >= 0.6 is 0 Å². The van der Waals surface area contributed by atoms with E-state index in [1.807, 2.05) is 26.1 Å². The zero-order valence-electron chi connectivity index (χ0n) is 13.1. The molecular weight excluding hydrogens is 265 g/mol. The lowest BCUT2D eigenvalue weighted by atomic mass is 10.1. The second kappa shape index (κ2) is 6.76. The summed E-state index contributed by atoms with van der Waals surface area (Å²) in [5.74, 6) is 0.315. The maximum atomic E-state index is 13.5. The molecule has 0 amide bonds. The summed E-state index contributed by atoms with van der Waals surface area (Å²) in [4.78, 5) is 8.94. The number of rotatable bonds is 5. The Morgan fingerprint density at radius 2 is 2.00 bits per heavy atom. The summed E-state index contributed by atoms with van der Waals surface area (Å²) in [7, 11) is 0. The quantitative estimate of drug-likeness (QED) is 0.904. The fraction of sp³-hybridized carbons (Fsp3) is 0.412. The average molecular weight is 287 g/mol. The van der Waals surface area contributed by atoms with E-state index in [1.165, 1.54) is 12.1 Å². The molecule has 0 saturated heterocycles. The average Bonchev–Trinajstić information content (AvgIpc) is 2.43. The Bertz CT molecular complexity index is 605. The summed E-state index contributed by atoms with van der Waals surface area (Å²) in [6, 6.07) is 5.09. The molecule has 1 aromatic heterocycles. The van der Waals surface area contributed by atoms with E-state index < -0.39 is 0 Å². The highest BCUT2D eigenvalue weighted by atomic mass is 19.1. The van der Waals surface area contributed by atoms with Gasteiger partial charge in [0.15, 0.2) is 5.82 Å². The number of nitrogens with one attached hydrogen (secondary N) is 1. The lowest BCUT2D eigenvalue weighted by Crippen LogP contribution is -2.20. The molecule has 3 nitrogen and oxygen atoms in total. The van der Waals surface area contributed by atoms with E-state index in [-0.39, 0.29) is 11.9 Å². The van der Waals surface area contributed by atoms with E-state index in [9.17, 15) is 4.39 Å². The van der Waals surface area contributed by atoms with Gasteiger partial charge in [0.05, 0.1) is 0 Å². The molecule has 2 rings (SSSR count). The van der Waals surface area contributed by atoms with E-state index in [0.29, 0.717) is 5.82 Å². The lowest BCUT2D eigenvalue weighted by Gasteiger charge is -2.15. The first kappa shape index (κ1) is 15.6. The third-order valence-electron chi connectivity index (χ3n) is 3.48. The molecule has 1 unspecified atom stereocenters. The molecule has 0 bridgehead atoms. The maximum absolute atomic E-state index is 13.5. The number of benzene rings is 1. The fourth-order valence-electron chi connectivity index (χ4n) is 2.38. The van der Waals surface area contributed by atoms with Gasteiger partial charge in [0.1, 0.15) is 5.82 Å². The van der Waals surface area contributed by atoms with Crippen molar-refractivity contribution in [3.63, 3.8) is 0 Å². The normalized spacial score (nSPS) is 12.4. The van der Waals surface area contributed by atoms with Gasteiger partial charge in [-0.1, -0.05) is 6.92 Å². The highest BCUT2D eigenvalue weighted by Crippen LogP contribution is 2.21. The van der Waals surface area contributed by atoms with Crippen LogP contribution in [-0.4, -0.2) is 16.5 Å². The number of hydrogen-bond acceptors (Lipinski definition) is 3. The van der Waals surface area contributed by atoms with Crippen LogP contribution in [0.3, 0.4) is 0 Å². The zero-order chi connectivity index (χ0) is 15.4. The van der Waals surface area contributed by atoms with Gasteiger partial charge in [0.2, 0.25) is 0 Å². The lowest BCUT2D eigenvalue weighted by molar-refractivity contribution is 0.564. The van der Waals surface area contributed by atoms with Crippen molar-refractivity contribution in [2.24, 2.45) is 0 Å². The first-order valence-corrected chi connectivity index (χ1v) is 7.35. The van der Waals surface area contributed by atoms with Crippen molar-refractivity contribution >= 4 is 0 Å². The number of hydrogen-bond donors (Lipinski definition) is 1. The van der Waals surface area contributed by atoms with Gasteiger partial charge in [-0.3, -0.25) is 0 Å². The molecule has 0 spiro atoms. The van der Waals surface area contributed by atoms with Gasteiger partial charge < -0.3 is 5.32 Å². The monoisotopic (exact) mass is 287 g/mol. The Hall–Kier alpha value is -1.81. The Morgan fingerprint density at radius 3 is 2.62 bits per heavy atom. The predicted molar refractivity (Wildman–Crippen MR) is 83.6 cm³/mol. The van der Waals surface area contributed by atoms with Gasteiger partial charge in [-0.2, -0.15) is 0 Å². The van der Waals surface area contributed by atoms with Gasteiger partial charge in [-0.25, -0.2) is 14.4 Å². The van der Waals surface area contributed by atoms with Gasteiger partial charge in [0.25, 0.3) is 0 Å². The van der Waals surface area contributed by atoms with E-state index in [4.69, 9.17) is 0 Å². The zero-order valence-corrected chi connectivity index (χ0v) is 13.1. The third kappa shape index (κ3) is 3.85. The van der Waals surface area contributed by atoms with E-state index >= 15 is 0 Å². The molecule has 1 heterocycles. The molecule has 112 valence electrons. The van der Waals surface area contributed by atoms with Crippen LogP contribution in [0.4, 0.5) is 4.39 Å². The molecule has 0 saturated carbocycles. The largest absolute Gasteiger partial charge is 0.310 e. The minimum absolute atomic E-state index is 0.216. The van der Waals surface area contributed by atoms with Crippen LogP contribution in [0.25, 0.3) is 11.4 Å². The van der Waals surface area contributed by atoms with Crippen molar-refractivity contribution in [3.8, 4) is 11.4 Å². The Balaban J connectivity index is 2.30. The molecular formula is C17H22FN3. The summed E-state index contributed by atoms with van der Waals surface area (Å²) in [5.41, 5.74) is 3.60. The second-order valence-corrected chi connectivity index (χ2v) is 5.43. The number of nitrogens with zero attached hydrogens (tertiary/aromatic N) is 2. The van der Waals surface area contributed by atoms with Crippen molar-refractivity contribution < 1.29 is 4.39 Å². The van der Waals surface area contributed by atoms with Crippen LogP contribution in [0.5, 0.6) is 0 Å². The van der Waals surface area contributed by atoms with Crippen molar-refractivity contribution in [1.82, 2.24) is 15.3 Å². The topological polar surface area (TPSA) is 37.8 Å². The van der Waals surface area contributed by atoms with Crippen molar-refractivity contribution in [2.45, 2.75) is 40.2 Å². The molecule has 1 atom stereocenters. The molecule has 0 aliphatic heterocycles. The SMILES string of the molecule is CCCNC(C)c1cnc(-c2cc(C)cc(F)c2)nc1C. The van der Waals surface area contributed by atoms with Crippen molar-refractivity contribution in [1.29, 1.82) is 0 Å². The number of aryl methyl sites for hydroxylation is 2. The molecule has 0 fully saturated rings. The summed E-state index contributed by atoms with van der Waals surface area (Å²) in [6.45, 7) is 9.04. The molecule has 21 heavy (non-hydrogen) atoms. The van der Waals surface area contributed by atoms with Crippen LogP contribution < -0.4 is 5.32 Å². The fourth-order valence-corrected chi connectivity index (χ4v) is 2.38. The predicted octanol–water partition coefficient (Wildman–Crippen LogP) is 3.96. The minimum Gasteiger partial charge on any atom is -0.310 e. The van der Waals surface area contributed by atoms with E-state index in [0.717, 1.165) is 35.3 Å². The maximum Gasteiger partial charge on any atom is 0.159 e. The molecule has 0 radical (unpaired) electrons. The summed E-state index contributed by atoms with van der Waals surface area (Å²) < 4.78 is 13.5. The van der Waals surface area contributed by atoms with Crippen molar-refractivity contribution in [2.75, 3.05) is 6.54 Å². The van der Waals surface area contributed by atoms with Gasteiger partial charge in [-0.05, 0) is 57.5 Å². The third-order valence-corrected chi connectivity index (χ3v) is 3.48. The second-order valence-electron chi connectivity index (χ2n) is 5.43. The van der Waals surface area contributed by atoms with E-state index in [1.54, 1.807) is 0 Å². The van der Waals surface area contributed by atoms with Gasteiger partial charge >= 0.3 is 0 Å². The molecule has 1 N–H and O–H groups in total. The van der Waals surface area contributed by atoms with Crippen LogP contribution in [0.15, 0.2) is 24.4 Å². The Morgan fingerprint density at radius 1 is 1.24 bits per heavy atom. The summed E-state index contributed by atoms with van der Waals surface area (Å²) in [6.07, 6.45) is 2.93. The van der Waals surface area contributed by atoms with Gasteiger partial charge in [-0.15, -0.1) is 0 Å². The van der Waals surface area contributed by atoms with Crippen LogP contribution in [-0.2, 0) is 0 Å². The Labute approximate surface area is 125 Å². The standard InChI is InChI=1S/C17H22FN3/c1-5-6-19-12(3)16-10-20-17(21-13(16)4)14-7-11(2)8-15(18)9-14/h7-10,12,19H,5-6H2,1-4H3. The molecule has 0 aliphatic rings. The highest BCUT2D eigenvalue weighted by Gasteiger charge is 2.11. The Kier molecular flexibility index (Phi) is 5.02. The minimum atomic E-state index is -0.256. The van der Waals surface area contributed by atoms with Crippen molar-refractivity contribution in [3.05, 3.63) is 47.0 Å². The molecule has 1 aromatic carbocycles. The van der Waals surface area contributed by atoms with E-state index in [2.05, 4.69) is 29.1 Å². The van der Waals surface area contributed by atoms with Gasteiger partial charge in [0, 0.05) is 29.1 Å². The first-order valence-electron chi connectivity index (χ1n) is 7.35. The molecule has 2 aromatic rings. The number of halogens is 1. The summed E-state index contributed by atoms with van der Waals surface area (Å²) >= 11 is 0. The summed E-state index contributed by atoms with van der Waals surface area (Å²) in [5, 5.41) is 3.43. The van der Waals surface area contributed by atoms with Crippen LogP contribution in [0, 0.1) is 19.7 Å². The smallest absolute Gasteiger partial charge is 0.159 e. The van der Waals surface area contributed by atoms with Crippen LogP contribution in [0.2, 0.25) is 0 Å².